The summed E-state index contributed by atoms with van der Waals surface area (Å²) in [5.41, 5.74) is 1.33. The highest BCUT2D eigenvalue weighted by atomic mass is 16.5. The number of hydrogen-bond acceptors (Lipinski definition) is 5. The summed E-state index contributed by atoms with van der Waals surface area (Å²) in [5, 5.41) is 13.8. The molecule has 0 fully saturated rings. The molecule has 0 heterocycles. The number of hydrogen-bond donors (Lipinski definition) is 3. The molecule has 3 N–H and O–H groups in total. The van der Waals surface area contributed by atoms with Gasteiger partial charge in [0.2, 0.25) is 0 Å². The standard InChI is InChI=1S/C20H22N2O6/c1-27-11-12-28-17-4-2-3-15(13-17)20(26)22-16-7-5-14(6-8-16)19(25)21-10-9-18(23)24/h2-8,13H,9-12H2,1H3,(H,21,25)(H,22,26)(H,23,24). The van der Waals surface area contributed by atoms with Crippen molar-refractivity contribution in [2.24, 2.45) is 0 Å². The van der Waals surface area contributed by atoms with Gasteiger partial charge >= 0.3 is 5.97 Å². The summed E-state index contributed by atoms with van der Waals surface area (Å²) in [6.07, 6.45) is -0.145. The molecule has 0 aliphatic heterocycles. The Bertz CT molecular complexity index is 820. The van der Waals surface area contributed by atoms with Gasteiger partial charge in [-0.1, -0.05) is 6.07 Å². The third-order valence-electron chi connectivity index (χ3n) is 3.68. The zero-order valence-corrected chi connectivity index (χ0v) is 15.4. The largest absolute Gasteiger partial charge is 0.491 e. The van der Waals surface area contributed by atoms with E-state index < -0.39 is 5.97 Å². The van der Waals surface area contributed by atoms with Crippen molar-refractivity contribution in [3.63, 3.8) is 0 Å². The first kappa shape index (κ1) is 20.9. The lowest BCUT2D eigenvalue weighted by molar-refractivity contribution is -0.136. The molecule has 8 nitrogen and oxygen atoms in total. The number of anilines is 1. The molecule has 148 valence electrons. The summed E-state index contributed by atoms with van der Waals surface area (Å²) >= 11 is 0. The molecule has 2 amide bonds. The molecule has 0 aromatic heterocycles. The minimum absolute atomic E-state index is 0.0510. The molecule has 0 aliphatic carbocycles. The first-order valence-corrected chi connectivity index (χ1v) is 8.63. The first-order valence-electron chi connectivity index (χ1n) is 8.63. The summed E-state index contributed by atoms with van der Waals surface area (Å²) in [5.74, 6) is -1.10. The van der Waals surface area contributed by atoms with Gasteiger partial charge in [0, 0.05) is 30.5 Å². The second-order valence-corrected chi connectivity index (χ2v) is 5.80. The Morgan fingerprint density at radius 2 is 1.71 bits per heavy atom. The van der Waals surface area contributed by atoms with Crippen LogP contribution in [0.2, 0.25) is 0 Å². The van der Waals surface area contributed by atoms with Crippen molar-refractivity contribution >= 4 is 23.5 Å². The molecule has 2 aromatic carbocycles. The van der Waals surface area contributed by atoms with Gasteiger partial charge in [0.15, 0.2) is 0 Å². The Kier molecular flexibility index (Phi) is 7.98. The molecule has 2 rings (SSSR count). The molecule has 0 radical (unpaired) electrons. The molecule has 8 heteroatoms. The minimum atomic E-state index is -0.980. The Morgan fingerprint density at radius 3 is 2.39 bits per heavy atom. The van der Waals surface area contributed by atoms with Crippen LogP contribution < -0.4 is 15.4 Å². The third-order valence-corrected chi connectivity index (χ3v) is 3.68. The zero-order valence-electron chi connectivity index (χ0n) is 15.4. The minimum Gasteiger partial charge on any atom is -0.491 e. The zero-order chi connectivity index (χ0) is 20.4. The Morgan fingerprint density at radius 1 is 0.964 bits per heavy atom. The fourth-order valence-electron chi connectivity index (χ4n) is 2.26. The number of carbonyl (C=O) groups is 3. The third kappa shape index (κ3) is 6.73. The molecular weight excluding hydrogens is 364 g/mol. The fraction of sp³-hybridized carbons (Fsp3) is 0.250. The smallest absolute Gasteiger partial charge is 0.305 e. The van der Waals surface area contributed by atoms with Gasteiger partial charge in [-0.05, 0) is 42.5 Å². The highest BCUT2D eigenvalue weighted by Gasteiger charge is 2.09. The quantitative estimate of drug-likeness (QED) is 0.539. The molecule has 0 saturated carbocycles. The Hall–Kier alpha value is -3.39. The predicted octanol–water partition coefficient (Wildman–Crippen LogP) is 2.17. The van der Waals surface area contributed by atoms with Crippen LogP contribution in [-0.4, -0.2) is 49.8 Å². The number of aliphatic carboxylic acids is 1. The SMILES string of the molecule is COCCOc1cccc(C(=O)Nc2ccc(C(=O)NCCC(=O)O)cc2)c1. The summed E-state index contributed by atoms with van der Waals surface area (Å²) in [4.78, 5) is 34.8. The maximum atomic E-state index is 12.4. The van der Waals surface area contributed by atoms with Crippen LogP contribution in [0.15, 0.2) is 48.5 Å². The van der Waals surface area contributed by atoms with E-state index in [0.717, 1.165) is 0 Å². The second kappa shape index (κ2) is 10.7. The van der Waals surface area contributed by atoms with E-state index in [2.05, 4.69) is 10.6 Å². The van der Waals surface area contributed by atoms with Crippen molar-refractivity contribution in [1.82, 2.24) is 5.32 Å². The lowest BCUT2D eigenvalue weighted by atomic mass is 10.1. The van der Waals surface area contributed by atoms with Gasteiger partial charge in [-0.2, -0.15) is 0 Å². The van der Waals surface area contributed by atoms with Crippen molar-refractivity contribution < 1.29 is 29.0 Å². The summed E-state index contributed by atoms with van der Waals surface area (Å²) in [7, 11) is 1.58. The van der Waals surface area contributed by atoms with Crippen molar-refractivity contribution in [3.05, 3.63) is 59.7 Å². The van der Waals surface area contributed by atoms with Crippen LogP contribution in [0, 0.1) is 0 Å². The van der Waals surface area contributed by atoms with Crippen molar-refractivity contribution in [2.75, 3.05) is 32.2 Å². The summed E-state index contributed by atoms with van der Waals surface area (Å²) in [6, 6.07) is 13.1. The molecule has 0 atom stereocenters. The van der Waals surface area contributed by atoms with Crippen LogP contribution in [0.5, 0.6) is 5.75 Å². The average Bonchev–Trinajstić information content (AvgIpc) is 2.68. The second-order valence-electron chi connectivity index (χ2n) is 5.80. The molecule has 0 saturated heterocycles. The van der Waals surface area contributed by atoms with E-state index in [4.69, 9.17) is 14.6 Å². The number of methoxy groups -OCH3 is 1. The highest BCUT2D eigenvalue weighted by Crippen LogP contribution is 2.16. The molecule has 0 unspecified atom stereocenters. The van der Waals surface area contributed by atoms with Crippen LogP contribution in [0.4, 0.5) is 5.69 Å². The van der Waals surface area contributed by atoms with Gasteiger partial charge in [0.1, 0.15) is 12.4 Å². The lowest BCUT2D eigenvalue weighted by Crippen LogP contribution is -2.25. The van der Waals surface area contributed by atoms with Crippen LogP contribution in [-0.2, 0) is 9.53 Å². The van der Waals surface area contributed by atoms with E-state index in [9.17, 15) is 14.4 Å². The van der Waals surface area contributed by atoms with Crippen LogP contribution in [0.1, 0.15) is 27.1 Å². The number of rotatable bonds is 10. The number of ether oxygens (including phenoxy) is 2. The van der Waals surface area contributed by atoms with E-state index in [1.165, 1.54) is 0 Å². The van der Waals surface area contributed by atoms with Gasteiger partial charge in [0.25, 0.3) is 11.8 Å². The molecule has 0 aliphatic rings. The molecule has 0 bridgehead atoms. The number of carboxylic acids is 1. The average molecular weight is 386 g/mol. The normalized spacial score (nSPS) is 10.2. The van der Waals surface area contributed by atoms with Crippen LogP contribution >= 0.6 is 0 Å². The molecule has 28 heavy (non-hydrogen) atoms. The fourth-order valence-corrected chi connectivity index (χ4v) is 2.26. The van der Waals surface area contributed by atoms with Crippen molar-refractivity contribution in [1.29, 1.82) is 0 Å². The van der Waals surface area contributed by atoms with Gasteiger partial charge in [-0.15, -0.1) is 0 Å². The molecule has 2 aromatic rings. The number of carboxylic acid groups (broad SMARTS) is 1. The number of carbonyl (C=O) groups excluding carboxylic acids is 2. The highest BCUT2D eigenvalue weighted by molar-refractivity contribution is 6.04. The van der Waals surface area contributed by atoms with E-state index in [1.54, 1.807) is 55.6 Å². The molecule has 0 spiro atoms. The van der Waals surface area contributed by atoms with Crippen molar-refractivity contribution in [3.8, 4) is 5.75 Å². The summed E-state index contributed by atoms with van der Waals surface area (Å²) in [6.45, 7) is 0.889. The van der Waals surface area contributed by atoms with E-state index in [1.807, 2.05) is 0 Å². The topological polar surface area (TPSA) is 114 Å². The maximum Gasteiger partial charge on any atom is 0.305 e. The van der Waals surface area contributed by atoms with E-state index >= 15 is 0 Å². The number of nitrogens with one attached hydrogen (secondary N) is 2. The molecular formula is C20H22N2O6. The summed E-state index contributed by atoms with van der Waals surface area (Å²) < 4.78 is 10.4. The van der Waals surface area contributed by atoms with Gasteiger partial charge in [-0.25, -0.2) is 0 Å². The van der Waals surface area contributed by atoms with E-state index in [-0.39, 0.29) is 24.8 Å². The maximum absolute atomic E-state index is 12.4. The van der Waals surface area contributed by atoms with Gasteiger partial charge < -0.3 is 25.2 Å². The van der Waals surface area contributed by atoms with Crippen molar-refractivity contribution in [2.45, 2.75) is 6.42 Å². The van der Waals surface area contributed by atoms with Gasteiger partial charge in [0.05, 0.1) is 13.0 Å². The predicted molar refractivity (Wildman–Crippen MR) is 103 cm³/mol. The number of amides is 2. The van der Waals surface area contributed by atoms with Crippen LogP contribution in [0.25, 0.3) is 0 Å². The Labute approximate surface area is 162 Å². The van der Waals surface area contributed by atoms with Crippen LogP contribution in [0.3, 0.4) is 0 Å². The monoisotopic (exact) mass is 386 g/mol. The Balaban J connectivity index is 1.92. The number of benzene rings is 2. The van der Waals surface area contributed by atoms with Gasteiger partial charge in [-0.3, -0.25) is 14.4 Å². The van der Waals surface area contributed by atoms with E-state index in [0.29, 0.717) is 35.8 Å². The first-order chi connectivity index (χ1) is 13.5. The lowest BCUT2D eigenvalue weighted by Gasteiger charge is -2.09.